The molecule has 1 aromatic carbocycles. The van der Waals surface area contributed by atoms with Crippen molar-refractivity contribution in [3.05, 3.63) is 52.1 Å². The molecule has 0 atom stereocenters. The maximum Gasteiger partial charge on any atom is 0.337 e. The minimum atomic E-state index is -0.974. The van der Waals surface area contributed by atoms with Gasteiger partial charge < -0.3 is 14.7 Å². The summed E-state index contributed by atoms with van der Waals surface area (Å²) in [6, 6.07) is 9.29. The second kappa shape index (κ2) is 8.85. The van der Waals surface area contributed by atoms with Crippen LogP contribution in [0, 0.1) is 5.92 Å². The Morgan fingerprint density at radius 3 is 2.64 bits per heavy atom. The third-order valence-electron chi connectivity index (χ3n) is 3.66. The molecule has 5 nitrogen and oxygen atoms in total. The van der Waals surface area contributed by atoms with Crippen molar-refractivity contribution in [1.82, 2.24) is 4.98 Å². The zero-order valence-corrected chi connectivity index (χ0v) is 16.3. The molecular formula is C19H23BrN2O3. The van der Waals surface area contributed by atoms with Gasteiger partial charge in [-0.2, -0.15) is 0 Å². The number of nitrogens with zero attached hydrogens (tertiary/aromatic N) is 2. The van der Waals surface area contributed by atoms with Crippen molar-refractivity contribution >= 4 is 27.7 Å². The molecule has 0 unspecified atom stereocenters. The number of ether oxygens (including phenoxy) is 1. The summed E-state index contributed by atoms with van der Waals surface area (Å²) in [6.07, 6.45) is 1.39. The van der Waals surface area contributed by atoms with E-state index in [1.807, 2.05) is 25.1 Å². The van der Waals surface area contributed by atoms with Crippen LogP contribution >= 0.6 is 15.9 Å². The molecule has 0 fully saturated rings. The Morgan fingerprint density at radius 2 is 2.08 bits per heavy atom. The smallest absolute Gasteiger partial charge is 0.337 e. The number of aromatic carboxylic acids is 1. The first kappa shape index (κ1) is 19.2. The molecule has 0 aliphatic rings. The second-order valence-corrected chi connectivity index (χ2v) is 7.10. The zero-order chi connectivity index (χ0) is 18.4. The Balaban J connectivity index is 2.22. The van der Waals surface area contributed by atoms with Crippen molar-refractivity contribution in [2.24, 2.45) is 5.92 Å². The van der Waals surface area contributed by atoms with E-state index in [0.29, 0.717) is 19.1 Å². The highest BCUT2D eigenvalue weighted by Gasteiger charge is 2.13. The summed E-state index contributed by atoms with van der Waals surface area (Å²) in [5, 5.41) is 9.00. The van der Waals surface area contributed by atoms with Crippen LogP contribution in [0.5, 0.6) is 5.75 Å². The fourth-order valence-corrected chi connectivity index (χ4v) is 2.74. The van der Waals surface area contributed by atoms with Gasteiger partial charge >= 0.3 is 5.97 Å². The van der Waals surface area contributed by atoms with E-state index in [1.54, 1.807) is 12.1 Å². The van der Waals surface area contributed by atoms with Crippen molar-refractivity contribution in [3.63, 3.8) is 0 Å². The van der Waals surface area contributed by atoms with Crippen LogP contribution in [0.1, 0.15) is 36.7 Å². The number of hydrogen-bond acceptors (Lipinski definition) is 4. The molecule has 25 heavy (non-hydrogen) atoms. The van der Waals surface area contributed by atoms with Gasteiger partial charge in [0, 0.05) is 29.3 Å². The average molecular weight is 407 g/mol. The van der Waals surface area contributed by atoms with Crippen LogP contribution < -0.4 is 9.64 Å². The van der Waals surface area contributed by atoms with Crippen LogP contribution in [0.15, 0.2) is 41.0 Å². The van der Waals surface area contributed by atoms with Crippen molar-refractivity contribution in [1.29, 1.82) is 0 Å². The van der Waals surface area contributed by atoms with Crippen LogP contribution in [0.3, 0.4) is 0 Å². The van der Waals surface area contributed by atoms with Gasteiger partial charge in [0.05, 0.1) is 12.2 Å². The standard InChI is InChI=1S/C19H23BrN2O3/c1-4-22(18-8-5-14(10-21-18)19(23)24)11-15-9-16(20)6-7-17(15)25-12-13(2)3/h5-10,13H,4,11-12H2,1-3H3,(H,23,24). The van der Waals surface area contributed by atoms with Crippen LogP contribution in [0.2, 0.25) is 0 Å². The molecule has 6 heteroatoms. The number of carbonyl (C=O) groups is 1. The molecule has 1 heterocycles. The molecule has 0 radical (unpaired) electrons. The largest absolute Gasteiger partial charge is 0.493 e. The van der Waals surface area contributed by atoms with Crippen molar-refractivity contribution in [2.45, 2.75) is 27.3 Å². The fourth-order valence-electron chi connectivity index (χ4n) is 2.33. The highest BCUT2D eigenvalue weighted by molar-refractivity contribution is 9.10. The third kappa shape index (κ3) is 5.46. The zero-order valence-electron chi connectivity index (χ0n) is 14.7. The van der Waals surface area contributed by atoms with Crippen LogP contribution in [0.4, 0.5) is 5.82 Å². The first-order chi connectivity index (χ1) is 11.9. The van der Waals surface area contributed by atoms with Gasteiger partial charge in [-0.3, -0.25) is 0 Å². The average Bonchev–Trinajstić information content (AvgIpc) is 2.58. The summed E-state index contributed by atoms with van der Waals surface area (Å²) in [5.74, 6) is 1.07. The van der Waals surface area contributed by atoms with Gasteiger partial charge in [0.2, 0.25) is 0 Å². The van der Waals surface area contributed by atoms with E-state index in [2.05, 4.69) is 39.7 Å². The molecule has 2 aromatic rings. The maximum absolute atomic E-state index is 11.0. The molecule has 0 aliphatic heterocycles. The highest BCUT2D eigenvalue weighted by Crippen LogP contribution is 2.26. The van der Waals surface area contributed by atoms with E-state index in [-0.39, 0.29) is 5.56 Å². The van der Waals surface area contributed by atoms with Crippen LogP contribution in [0.25, 0.3) is 0 Å². The van der Waals surface area contributed by atoms with E-state index in [9.17, 15) is 4.79 Å². The lowest BCUT2D eigenvalue weighted by Gasteiger charge is -2.24. The number of rotatable bonds is 8. The normalized spacial score (nSPS) is 10.8. The monoisotopic (exact) mass is 406 g/mol. The predicted octanol–water partition coefficient (Wildman–Crippen LogP) is 4.60. The lowest BCUT2D eigenvalue weighted by molar-refractivity contribution is 0.0696. The van der Waals surface area contributed by atoms with Gasteiger partial charge in [-0.15, -0.1) is 0 Å². The summed E-state index contributed by atoms with van der Waals surface area (Å²) in [4.78, 5) is 17.3. The Morgan fingerprint density at radius 1 is 1.32 bits per heavy atom. The minimum absolute atomic E-state index is 0.184. The Labute approximate surface area is 156 Å². The maximum atomic E-state index is 11.0. The predicted molar refractivity (Wildman–Crippen MR) is 102 cm³/mol. The molecular weight excluding hydrogens is 384 g/mol. The lowest BCUT2D eigenvalue weighted by atomic mass is 10.1. The number of carboxylic acids is 1. The molecule has 134 valence electrons. The summed E-state index contributed by atoms with van der Waals surface area (Å²) >= 11 is 3.51. The quantitative estimate of drug-likeness (QED) is 0.693. The Bertz CT molecular complexity index is 717. The van der Waals surface area contributed by atoms with Crippen molar-refractivity contribution < 1.29 is 14.6 Å². The first-order valence-electron chi connectivity index (χ1n) is 8.26. The van der Waals surface area contributed by atoms with Gasteiger partial charge in [0.15, 0.2) is 0 Å². The van der Waals surface area contributed by atoms with Crippen molar-refractivity contribution in [2.75, 3.05) is 18.1 Å². The lowest BCUT2D eigenvalue weighted by Crippen LogP contribution is -2.23. The van der Waals surface area contributed by atoms with E-state index in [4.69, 9.17) is 9.84 Å². The summed E-state index contributed by atoms with van der Waals surface area (Å²) in [7, 11) is 0. The molecule has 0 saturated carbocycles. The number of hydrogen-bond donors (Lipinski definition) is 1. The van der Waals surface area contributed by atoms with E-state index < -0.39 is 5.97 Å². The van der Waals surface area contributed by atoms with Crippen LogP contribution in [-0.2, 0) is 6.54 Å². The number of anilines is 1. The van der Waals surface area contributed by atoms with Gasteiger partial charge in [0.1, 0.15) is 11.6 Å². The van der Waals surface area contributed by atoms with E-state index >= 15 is 0 Å². The van der Waals surface area contributed by atoms with E-state index in [1.165, 1.54) is 6.20 Å². The first-order valence-corrected chi connectivity index (χ1v) is 9.05. The molecule has 0 saturated heterocycles. The highest BCUT2D eigenvalue weighted by atomic mass is 79.9. The summed E-state index contributed by atoms with van der Waals surface area (Å²) in [6.45, 7) is 8.31. The van der Waals surface area contributed by atoms with Crippen LogP contribution in [-0.4, -0.2) is 29.2 Å². The SMILES string of the molecule is CCN(Cc1cc(Br)ccc1OCC(C)C)c1ccc(C(=O)O)cn1. The second-order valence-electron chi connectivity index (χ2n) is 6.18. The number of aromatic nitrogens is 1. The number of halogens is 1. The molecule has 2 rings (SSSR count). The Hall–Kier alpha value is -2.08. The fraction of sp³-hybridized carbons (Fsp3) is 0.368. The van der Waals surface area contributed by atoms with Crippen molar-refractivity contribution in [3.8, 4) is 5.75 Å². The number of carboxylic acid groups (broad SMARTS) is 1. The van der Waals surface area contributed by atoms with Gasteiger partial charge in [-0.05, 0) is 43.2 Å². The topological polar surface area (TPSA) is 62.7 Å². The Kier molecular flexibility index (Phi) is 6.82. The van der Waals surface area contributed by atoms with Gasteiger partial charge in [0.25, 0.3) is 0 Å². The molecule has 0 aliphatic carbocycles. The molecule has 1 aromatic heterocycles. The minimum Gasteiger partial charge on any atom is -0.493 e. The third-order valence-corrected chi connectivity index (χ3v) is 4.15. The molecule has 0 spiro atoms. The molecule has 0 bridgehead atoms. The molecule has 0 amide bonds. The van der Waals surface area contributed by atoms with E-state index in [0.717, 1.165) is 28.1 Å². The van der Waals surface area contributed by atoms with Gasteiger partial charge in [-0.1, -0.05) is 29.8 Å². The number of benzene rings is 1. The van der Waals surface area contributed by atoms with Gasteiger partial charge in [-0.25, -0.2) is 9.78 Å². The summed E-state index contributed by atoms with van der Waals surface area (Å²) < 4.78 is 6.93. The summed E-state index contributed by atoms with van der Waals surface area (Å²) in [5.41, 5.74) is 1.24. The molecule has 1 N–H and O–H groups in total. The number of pyridine rings is 1.